The van der Waals surface area contributed by atoms with Crippen LogP contribution in [0.15, 0.2) is 198 Å². The van der Waals surface area contributed by atoms with E-state index in [2.05, 4.69) is 201 Å². The molecule has 2 aromatic heterocycles. The van der Waals surface area contributed by atoms with E-state index in [9.17, 15) is 0 Å². The van der Waals surface area contributed by atoms with Crippen molar-refractivity contribution < 1.29 is 0 Å². The number of hydrogen-bond acceptors (Lipinski definition) is 4. The maximum absolute atomic E-state index is 5.46. The molecule has 0 bridgehead atoms. The van der Waals surface area contributed by atoms with Gasteiger partial charge in [-0.25, -0.2) is 0 Å². The molecule has 14 rings (SSSR count). The standard InChI is InChI=1S/C57H37N3S/c1-55(2)42-22-9-10-23-43(42)57(44-24-15-29-58-53(44)54-48(57)30-34(33-59-54)60-49-25-11-13-27-51(49)61-52-28-14-12-26-50(52)60)47-31-38-37-18-5-8-21-41(37)56(45(38)32-46(47)55)39-19-6-3-16-35(39)36-17-4-7-20-40(36)56/h3-33H,1-2H3. The van der Waals surface area contributed by atoms with Crippen molar-refractivity contribution in [3.8, 4) is 33.6 Å². The quantitative estimate of drug-likeness (QED) is 0.165. The lowest BCUT2D eigenvalue weighted by Gasteiger charge is -2.47. The first-order valence-electron chi connectivity index (χ1n) is 21.2. The number of para-hydroxylation sites is 2. The van der Waals surface area contributed by atoms with Crippen molar-refractivity contribution in [2.24, 2.45) is 0 Å². The summed E-state index contributed by atoms with van der Waals surface area (Å²) in [5.41, 5.74) is 22.2. The summed E-state index contributed by atoms with van der Waals surface area (Å²) in [5, 5.41) is 0. The molecule has 3 heterocycles. The fourth-order valence-electron chi connectivity index (χ4n) is 12.3. The molecule has 9 aromatic rings. The summed E-state index contributed by atoms with van der Waals surface area (Å²) in [5.74, 6) is 0. The molecule has 7 aromatic carbocycles. The van der Waals surface area contributed by atoms with Crippen molar-refractivity contribution in [1.29, 1.82) is 0 Å². The Kier molecular flexibility index (Phi) is 6.44. The largest absolute Gasteiger partial charge is 0.307 e. The minimum Gasteiger partial charge on any atom is -0.307 e. The van der Waals surface area contributed by atoms with Crippen molar-refractivity contribution in [2.45, 2.75) is 39.9 Å². The molecule has 0 N–H and O–H groups in total. The summed E-state index contributed by atoms with van der Waals surface area (Å²) in [6, 6.07) is 66.2. The molecule has 0 amide bonds. The van der Waals surface area contributed by atoms with Gasteiger partial charge in [0, 0.05) is 27.0 Å². The zero-order chi connectivity index (χ0) is 40.2. The predicted molar refractivity (Wildman–Crippen MR) is 247 cm³/mol. The van der Waals surface area contributed by atoms with E-state index in [0.29, 0.717) is 0 Å². The van der Waals surface area contributed by atoms with Gasteiger partial charge in [-0.2, -0.15) is 0 Å². The van der Waals surface area contributed by atoms with E-state index >= 15 is 0 Å². The normalized spacial score (nSPS) is 17.9. The summed E-state index contributed by atoms with van der Waals surface area (Å²) >= 11 is 1.83. The van der Waals surface area contributed by atoms with Crippen LogP contribution in [0.5, 0.6) is 0 Å². The number of rotatable bonds is 1. The van der Waals surface area contributed by atoms with Crippen molar-refractivity contribution in [3.63, 3.8) is 0 Å². The first kappa shape index (κ1) is 33.8. The summed E-state index contributed by atoms with van der Waals surface area (Å²) < 4.78 is 0. The van der Waals surface area contributed by atoms with E-state index in [0.717, 1.165) is 28.5 Å². The van der Waals surface area contributed by atoms with Crippen LogP contribution in [-0.4, -0.2) is 9.97 Å². The Bertz CT molecular complexity index is 3330. The van der Waals surface area contributed by atoms with Gasteiger partial charge in [0.15, 0.2) is 0 Å². The number of fused-ring (bicyclic) bond motifs is 21. The van der Waals surface area contributed by atoms with Crippen molar-refractivity contribution in [2.75, 3.05) is 4.90 Å². The molecule has 5 aliphatic rings. The second-order valence-electron chi connectivity index (χ2n) is 17.6. The average molecular weight is 796 g/mol. The third-order valence-corrected chi connectivity index (χ3v) is 15.8. The van der Waals surface area contributed by atoms with Crippen LogP contribution in [0.3, 0.4) is 0 Å². The second-order valence-corrected chi connectivity index (χ2v) is 18.7. The van der Waals surface area contributed by atoms with Crippen LogP contribution in [0.2, 0.25) is 0 Å². The Morgan fingerprint density at radius 1 is 0.393 bits per heavy atom. The number of hydrogen-bond donors (Lipinski definition) is 0. The maximum Gasteiger partial charge on any atom is 0.0939 e. The zero-order valence-electron chi connectivity index (χ0n) is 33.6. The minimum atomic E-state index is -0.682. The van der Waals surface area contributed by atoms with E-state index in [-0.39, 0.29) is 5.41 Å². The predicted octanol–water partition coefficient (Wildman–Crippen LogP) is 13.8. The highest BCUT2D eigenvalue weighted by molar-refractivity contribution is 7.99. The molecule has 0 fully saturated rings. The highest BCUT2D eigenvalue weighted by Crippen LogP contribution is 2.67. The average Bonchev–Trinajstić information content (AvgIpc) is 3.89. The number of pyridine rings is 2. The number of anilines is 3. The van der Waals surface area contributed by atoms with Gasteiger partial charge in [0.05, 0.1) is 45.5 Å². The molecule has 4 heteroatoms. The van der Waals surface area contributed by atoms with Crippen LogP contribution in [0.25, 0.3) is 33.6 Å². The van der Waals surface area contributed by atoms with Gasteiger partial charge in [0.1, 0.15) is 0 Å². The van der Waals surface area contributed by atoms with Crippen LogP contribution in [0, 0.1) is 0 Å². The molecule has 1 aliphatic heterocycles. The first-order valence-corrected chi connectivity index (χ1v) is 22.0. The monoisotopic (exact) mass is 795 g/mol. The molecule has 0 saturated carbocycles. The smallest absolute Gasteiger partial charge is 0.0939 e. The molecule has 1 atom stereocenters. The lowest BCUT2D eigenvalue weighted by Crippen LogP contribution is -2.41. The van der Waals surface area contributed by atoms with Crippen LogP contribution in [0.4, 0.5) is 17.1 Å². The van der Waals surface area contributed by atoms with E-state index in [1.165, 1.54) is 87.7 Å². The minimum absolute atomic E-state index is 0.321. The van der Waals surface area contributed by atoms with Gasteiger partial charge in [0.25, 0.3) is 0 Å². The zero-order valence-corrected chi connectivity index (χ0v) is 34.5. The third-order valence-electron chi connectivity index (χ3n) is 14.6. The lowest BCUT2D eigenvalue weighted by atomic mass is 9.55. The van der Waals surface area contributed by atoms with E-state index in [1.54, 1.807) is 0 Å². The van der Waals surface area contributed by atoms with Gasteiger partial charge in [0.2, 0.25) is 0 Å². The van der Waals surface area contributed by atoms with E-state index in [1.807, 2.05) is 18.0 Å². The van der Waals surface area contributed by atoms with Crippen LogP contribution in [0.1, 0.15) is 69.5 Å². The highest BCUT2D eigenvalue weighted by atomic mass is 32.2. The van der Waals surface area contributed by atoms with Crippen molar-refractivity contribution >= 4 is 28.8 Å². The van der Waals surface area contributed by atoms with Gasteiger partial charge < -0.3 is 4.90 Å². The Labute approximate surface area is 359 Å². The molecular weight excluding hydrogens is 759 g/mol. The Balaban J connectivity index is 1.11. The number of benzene rings is 7. The van der Waals surface area contributed by atoms with Gasteiger partial charge in [-0.15, -0.1) is 0 Å². The van der Waals surface area contributed by atoms with Crippen LogP contribution < -0.4 is 4.90 Å². The van der Waals surface area contributed by atoms with E-state index < -0.39 is 10.8 Å². The summed E-state index contributed by atoms with van der Waals surface area (Å²) in [6.07, 6.45) is 4.00. The molecule has 2 spiro atoms. The second kappa shape index (κ2) is 11.6. The number of nitrogens with zero attached hydrogens (tertiary/aromatic N) is 3. The Hall–Kier alpha value is -7.01. The molecule has 4 aliphatic carbocycles. The van der Waals surface area contributed by atoms with E-state index in [4.69, 9.17) is 9.97 Å². The molecular formula is C57H37N3S. The fourth-order valence-corrected chi connectivity index (χ4v) is 13.3. The third kappa shape index (κ3) is 3.94. The van der Waals surface area contributed by atoms with Gasteiger partial charge in [-0.05, 0) is 115 Å². The Morgan fingerprint density at radius 3 is 1.56 bits per heavy atom. The molecule has 61 heavy (non-hydrogen) atoms. The molecule has 3 nitrogen and oxygen atoms in total. The topological polar surface area (TPSA) is 29.0 Å². The van der Waals surface area contributed by atoms with Gasteiger partial charge in [-0.1, -0.05) is 159 Å². The summed E-state index contributed by atoms with van der Waals surface area (Å²) in [7, 11) is 0. The highest BCUT2D eigenvalue weighted by Gasteiger charge is 2.58. The SMILES string of the molecule is CC1(C)c2ccccc2C2(c3cc4c(cc31)C1(c3ccccc3-c3ccccc31)c1ccccc1-4)c1cccnc1-c1ncc(N3c4ccccc4Sc4ccccc43)cc12. The molecule has 1 unspecified atom stereocenters. The van der Waals surface area contributed by atoms with Crippen molar-refractivity contribution in [3.05, 3.63) is 244 Å². The van der Waals surface area contributed by atoms with Gasteiger partial charge >= 0.3 is 0 Å². The number of aromatic nitrogens is 2. The maximum atomic E-state index is 5.46. The molecule has 0 radical (unpaired) electrons. The van der Waals surface area contributed by atoms with Gasteiger partial charge in [-0.3, -0.25) is 9.97 Å². The first-order chi connectivity index (χ1) is 30.0. The molecule has 0 saturated heterocycles. The summed E-state index contributed by atoms with van der Waals surface area (Å²) in [4.78, 5) is 15.5. The fraction of sp³-hybridized carbons (Fsp3) is 0.0877. The lowest BCUT2D eigenvalue weighted by molar-refractivity contribution is 0.561. The van der Waals surface area contributed by atoms with Crippen LogP contribution >= 0.6 is 11.8 Å². The van der Waals surface area contributed by atoms with Crippen molar-refractivity contribution in [1.82, 2.24) is 9.97 Å². The van der Waals surface area contributed by atoms with Crippen LogP contribution in [-0.2, 0) is 16.2 Å². The Morgan fingerprint density at radius 2 is 0.902 bits per heavy atom. The summed E-state index contributed by atoms with van der Waals surface area (Å²) in [6.45, 7) is 4.87. The molecule has 286 valence electrons.